The summed E-state index contributed by atoms with van der Waals surface area (Å²) in [6.07, 6.45) is 3.54. The molecule has 2 unspecified atom stereocenters. The van der Waals surface area contributed by atoms with Crippen molar-refractivity contribution in [3.05, 3.63) is 22.2 Å². The first-order valence-corrected chi connectivity index (χ1v) is 9.92. The number of rotatable bonds is 4. The zero-order valence-corrected chi connectivity index (χ0v) is 16.8. The van der Waals surface area contributed by atoms with E-state index in [0.717, 1.165) is 39.1 Å². The van der Waals surface area contributed by atoms with Crippen molar-refractivity contribution < 1.29 is 23.7 Å². The predicted molar refractivity (Wildman–Crippen MR) is 101 cm³/mol. The molecule has 0 bridgehead atoms. The lowest BCUT2D eigenvalue weighted by molar-refractivity contribution is -0.129. The molecule has 1 aromatic rings. The van der Waals surface area contributed by atoms with Crippen molar-refractivity contribution in [1.82, 2.24) is 4.90 Å². The molecule has 0 amide bonds. The monoisotopic (exact) mass is 395 g/mol. The van der Waals surface area contributed by atoms with Gasteiger partial charge in [0.1, 0.15) is 0 Å². The van der Waals surface area contributed by atoms with Gasteiger partial charge in [-0.2, -0.15) is 0 Å². The third-order valence-electron chi connectivity index (χ3n) is 6.04. The summed E-state index contributed by atoms with van der Waals surface area (Å²) in [7, 11) is 1.35. The Kier molecular flexibility index (Phi) is 4.99. The van der Waals surface area contributed by atoms with E-state index >= 15 is 0 Å². The Hall–Kier alpha value is -1.50. The summed E-state index contributed by atoms with van der Waals surface area (Å²) in [6.45, 7) is 7.71. The Morgan fingerprint density at radius 2 is 1.96 bits per heavy atom. The Morgan fingerprint density at radius 3 is 2.56 bits per heavy atom. The van der Waals surface area contributed by atoms with Crippen LogP contribution in [0.25, 0.3) is 0 Å². The average molecular weight is 396 g/mol. The van der Waals surface area contributed by atoms with Gasteiger partial charge < -0.3 is 23.8 Å². The molecule has 2 fully saturated rings. The zero-order chi connectivity index (χ0) is 19.2. The summed E-state index contributed by atoms with van der Waals surface area (Å²) in [6, 6.07) is 1.60. The normalized spacial score (nSPS) is 28.1. The van der Waals surface area contributed by atoms with Gasteiger partial charge in [-0.1, -0.05) is 11.6 Å². The van der Waals surface area contributed by atoms with Crippen molar-refractivity contribution in [2.45, 2.75) is 45.0 Å². The number of likely N-dealkylation sites (tertiary alicyclic amines) is 1. The quantitative estimate of drug-likeness (QED) is 0.728. The van der Waals surface area contributed by atoms with E-state index in [4.69, 9.17) is 30.5 Å². The van der Waals surface area contributed by atoms with Crippen LogP contribution in [0.1, 0.15) is 42.1 Å². The summed E-state index contributed by atoms with van der Waals surface area (Å²) in [5.41, 5.74) is 1.11. The Labute approximate surface area is 164 Å². The molecular formula is C20H26ClNO5. The zero-order valence-electron chi connectivity index (χ0n) is 16.0. The Bertz CT molecular complexity index is 742. The molecule has 1 aromatic carbocycles. The molecule has 0 aromatic heterocycles. The second-order valence-electron chi connectivity index (χ2n) is 7.76. The highest BCUT2D eigenvalue weighted by Crippen LogP contribution is 2.51. The molecular weight excluding hydrogens is 370 g/mol. The molecule has 3 aliphatic heterocycles. The van der Waals surface area contributed by atoms with Crippen molar-refractivity contribution in [2.75, 3.05) is 33.4 Å². The highest BCUT2D eigenvalue weighted by Gasteiger charge is 2.47. The van der Waals surface area contributed by atoms with Crippen molar-refractivity contribution in [1.29, 1.82) is 0 Å². The number of carbonyl (C=O) groups is 1. The number of carbonyl (C=O) groups excluding carboxylic acids is 1. The van der Waals surface area contributed by atoms with Crippen LogP contribution in [0.2, 0.25) is 5.02 Å². The van der Waals surface area contributed by atoms with Crippen molar-refractivity contribution in [3.8, 4) is 11.5 Å². The summed E-state index contributed by atoms with van der Waals surface area (Å²) >= 11 is 6.38. The third kappa shape index (κ3) is 3.39. The van der Waals surface area contributed by atoms with Crippen LogP contribution in [0.4, 0.5) is 0 Å². The number of ether oxygens (including phenoxy) is 4. The summed E-state index contributed by atoms with van der Waals surface area (Å²) < 4.78 is 22.9. The van der Waals surface area contributed by atoms with E-state index in [0.29, 0.717) is 33.8 Å². The van der Waals surface area contributed by atoms with Gasteiger partial charge in [0.05, 0.1) is 23.8 Å². The molecule has 4 rings (SSSR count). The first kappa shape index (κ1) is 18.8. The molecule has 0 spiro atoms. The first-order valence-electron chi connectivity index (χ1n) is 9.54. The van der Waals surface area contributed by atoms with E-state index in [1.807, 2.05) is 13.8 Å². The predicted octanol–water partition coefficient (Wildman–Crippen LogP) is 3.42. The first-order chi connectivity index (χ1) is 12.9. The SMILES string of the molecule is COC(=O)c1cc(Cl)c2c(c1C)OC(C)(C1CCN(CC3CCO3)CC1)O2. The van der Waals surface area contributed by atoms with Crippen LogP contribution in [-0.4, -0.2) is 56.1 Å². The third-order valence-corrected chi connectivity index (χ3v) is 6.32. The fraction of sp³-hybridized carbons (Fsp3) is 0.650. The van der Waals surface area contributed by atoms with Gasteiger partial charge in [0.2, 0.25) is 0 Å². The van der Waals surface area contributed by atoms with E-state index in [2.05, 4.69) is 4.90 Å². The topological polar surface area (TPSA) is 57.2 Å². The van der Waals surface area contributed by atoms with Crippen LogP contribution in [0.5, 0.6) is 11.5 Å². The molecule has 3 aliphatic rings. The molecule has 6 nitrogen and oxygen atoms in total. The van der Waals surface area contributed by atoms with Gasteiger partial charge in [-0.25, -0.2) is 4.79 Å². The van der Waals surface area contributed by atoms with Crippen molar-refractivity contribution in [3.63, 3.8) is 0 Å². The molecule has 0 N–H and O–H groups in total. The second-order valence-corrected chi connectivity index (χ2v) is 8.16. The fourth-order valence-electron chi connectivity index (χ4n) is 4.19. The van der Waals surface area contributed by atoms with Crippen molar-refractivity contribution in [2.24, 2.45) is 5.92 Å². The molecule has 2 atom stereocenters. The average Bonchev–Trinajstić information content (AvgIpc) is 3.01. The molecule has 7 heteroatoms. The van der Waals surface area contributed by atoms with Gasteiger partial charge in [-0.3, -0.25) is 0 Å². The van der Waals surface area contributed by atoms with Gasteiger partial charge in [0.15, 0.2) is 11.5 Å². The van der Waals surface area contributed by atoms with Gasteiger partial charge in [0.25, 0.3) is 5.79 Å². The fourth-order valence-corrected chi connectivity index (χ4v) is 4.42. The van der Waals surface area contributed by atoms with E-state index in [-0.39, 0.29) is 5.92 Å². The number of hydrogen-bond acceptors (Lipinski definition) is 6. The van der Waals surface area contributed by atoms with E-state index in [1.54, 1.807) is 6.07 Å². The molecule has 148 valence electrons. The number of esters is 1. The molecule has 0 saturated carbocycles. The van der Waals surface area contributed by atoms with Gasteiger partial charge in [-0.15, -0.1) is 0 Å². The van der Waals surface area contributed by atoms with E-state index in [9.17, 15) is 4.79 Å². The Morgan fingerprint density at radius 1 is 1.30 bits per heavy atom. The number of nitrogens with zero attached hydrogens (tertiary/aromatic N) is 1. The van der Waals surface area contributed by atoms with Crippen LogP contribution in [0.15, 0.2) is 6.07 Å². The maximum atomic E-state index is 12.0. The number of benzene rings is 1. The molecule has 2 saturated heterocycles. The molecule has 0 aliphatic carbocycles. The molecule has 27 heavy (non-hydrogen) atoms. The van der Waals surface area contributed by atoms with Gasteiger partial charge >= 0.3 is 5.97 Å². The number of methoxy groups -OCH3 is 1. The lowest BCUT2D eigenvalue weighted by Crippen LogP contribution is -2.50. The van der Waals surface area contributed by atoms with Crippen LogP contribution < -0.4 is 9.47 Å². The van der Waals surface area contributed by atoms with Gasteiger partial charge in [-0.05, 0) is 45.3 Å². The minimum atomic E-state index is -0.773. The molecule has 3 heterocycles. The second kappa shape index (κ2) is 7.15. The number of fused-ring (bicyclic) bond motifs is 1. The van der Waals surface area contributed by atoms with Crippen LogP contribution in [0, 0.1) is 12.8 Å². The van der Waals surface area contributed by atoms with E-state index in [1.165, 1.54) is 13.5 Å². The Balaban J connectivity index is 1.47. The van der Waals surface area contributed by atoms with Crippen molar-refractivity contribution >= 4 is 17.6 Å². The number of hydrogen-bond donors (Lipinski definition) is 0. The lowest BCUT2D eigenvalue weighted by atomic mass is 9.89. The van der Waals surface area contributed by atoms with E-state index < -0.39 is 11.8 Å². The maximum absolute atomic E-state index is 12.0. The van der Waals surface area contributed by atoms with Crippen LogP contribution >= 0.6 is 11.6 Å². The minimum absolute atomic E-state index is 0.250. The van der Waals surface area contributed by atoms with Crippen LogP contribution in [-0.2, 0) is 9.47 Å². The lowest BCUT2D eigenvalue weighted by Gasteiger charge is -2.40. The maximum Gasteiger partial charge on any atom is 0.338 e. The summed E-state index contributed by atoms with van der Waals surface area (Å²) in [5, 5.41) is 0.374. The highest BCUT2D eigenvalue weighted by molar-refractivity contribution is 6.32. The standard InChI is InChI=1S/C20H26ClNO5/c1-12-15(19(23)24-3)10-16(21)18-17(12)26-20(2,27-18)13-4-7-22(8-5-13)11-14-6-9-25-14/h10,13-14H,4-9,11H2,1-3H3. The number of halogens is 1. The van der Waals surface area contributed by atoms with Gasteiger partial charge in [0, 0.05) is 31.6 Å². The summed E-state index contributed by atoms with van der Waals surface area (Å²) in [4.78, 5) is 14.5. The summed E-state index contributed by atoms with van der Waals surface area (Å²) in [5.74, 6) is 0.122. The number of piperidine rings is 1. The largest absolute Gasteiger partial charge is 0.465 e. The minimum Gasteiger partial charge on any atom is -0.465 e. The smallest absolute Gasteiger partial charge is 0.338 e. The molecule has 0 radical (unpaired) electrons. The van der Waals surface area contributed by atoms with Crippen LogP contribution in [0.3, 0.4) is 0 Å². The highest BCUT2D eigenvalue weighted by atomic mass is 35.5.